The lowest BCUT2D eigenvalue weighted by Gasteiger charge is -2.28. The average Bonchev–Trinajstić information content (AvgIpc) is 2.79. The SMILES string of the molecule is CCn1c(C2CC(C)CCN2)nc2c(F)cccc21. The first-order valence-corrected chi connectivity index (χ1v) is 7.08. The summed E-state index contributed by atoms with van der Waals surface area (Å²) in [5.41, 5.74) is 1.40. The van der Waals surface area contributed by atoms with E-state index in [1.165, 1.54) is 12.5 Å². The van der Waals surface area contributed by atoms with Gasteiger partial charge in [-0.3, -0.25) is 0 Å². The van der Waals surface area contributed by atoms with Gasteiger partial charge in [-0.05, 0) is 44.4 Å². The molecule has 2 heterocycles. The van der Waals surface area contributed by atoms with Gasteiger partial charge in [0.05, 0.1) is 11.6 Å². The van der Waals surface area contributed by atoms with Crippen LogP contribution in [0.5, 0.6) is 0 Å². The second-order valence-electron chi connectivity index (χ2n) is 5.46. The second kappa shape index (κ2) is 4.93. The fraction of sp³-hybridized carbons (Fsp3) is 0.533. The van der Waals surface area contributed by atoms with Gasteiger partial charge in [-0.1, -0.05) is 13.0 Å². The number of imidazole rings is 1. The minimum Gasteiger partial charge on any atom is -0.327 e. The summed E-state index contributed by atoms with van der Waals surface area (Å²) in [5.74, 6) is 1.45. The molecule has 1 aromatic carbocycles. The fourth-order valence-corrected chi connectivity index (χ4v) is 3.03. The van der Waals surface area contributed by atoms with Crippen molar-refractivity contribution >= 4 is 11.0 Å². The zero-order valence-corrected chi connectivity index (χ0v) is 11.5. The van der Waals surface area contributed by atoms with E-state index in [2.05, 4.69) is 28.7 Å². The molecule has 1 aromatic heterocycles. The van der Waals surface area contributed by atoms with Crippen LogP contribution in [0.3, 0.4) is 0 Å². The van der Waals surface area contributed by atoms with Crippen LogP contribution in [0.2, 0.25) is 0 Å². The van der Waals surface area contributed by atoms with Crippen molar-refractivity contribution in [3.05, 3.63) is 29.8 Å². The van der Waals surface area contributed by atoms with E-state index in [9.17, 15) is 4.39 Å². The molecule has 1 aliphatic rings. The summed E-state index contributed by atoms with van der Waals surface area (Å²) < 4.78 is 16.0. The third-order valence-electron chi connectivity index (χ3n) is 4.05. The summed E-state index contributed by atoms with van der Waals surface area (Å²) in [6.07, 6.45) is 2.28. The largest absolute Gasteiger partial charge is 0.327 e. The van der Waals surface area contributed by atoms with E-state index in [-0.39, 0.29) is 11.9 Å². The summed E-state index contributed by atoms with van der Waals surface area (Å²) in [6.45, 7) is 6.19. The molecule has 2 unspecified atom stereocenters. The van der Waals surface area contributed by atoms with Gasteiger partial charge in [-0.25, -0.2) is 9.37 Å². The van der Waals surface area contributed by atoms with Crippen LogP contribution >= 0.6 is 0 Å². The van der Waals surface area contributed by atoms with Gasteiger partial charge < -0.3 is 9.88 Å². The number of nitrogens with one attached hydrogen (secondary N) is 1. The van der Waals surface area contributed by atoms with E-state index in [1.807, 2.05) is 6.07 Å². The number of para-hydroxylation sites is 1. The van der Waals surface area contributed by atoms with Crippen molar-refractivity contribution in [2.45, 2.75) is 39.3 Å². The van der Waals surface area contributed by atoms with Gasteiger partial charge >= 0.3 is 0 Å². The van der Waals surface area contributed by atoms with Crippen molar-refractivity contribution in [3.63, 3.8) is 0 Å². The number of hydrogen-bond donors (Lipinski definition) is 1. The van der Waals surface area contributed by atoms with Gasteiger partial charge in [0.2, 0.25) is 0 Å². The van der Waals surface area contributed by atoms with Gasteiger partial charge in [-0.2, -0.15) is 0 Å². The number of benzene rings is 1. The van der Waals surface area contributed by atoms with Crippen molar-refractivity contribution in [2.24, 2.45) is 5.92 Å². The Kier molecular flexibility index (Phi) is 3.27. The molecular weight excluding hydrogens is 241 g/mol. The standard InChI is InChI=1S/C15H20FN3/c1-3-19-13-6-4-5-11(16)14(13)18-15(19)12-9-10(2)7-8-17-12/h4-6,10,12,17H,3,7-9H2,1-2H3. The molecule has 4 heteroatoms. The molecule has 0 radical (unpaired) electrons. The molecule has 1 fully saturated rings. The van der Waals surface area contributed by atoms with Gasteiger partial charge in [-0.15, -0.1) is 0 Å². The molecule has 1 aliphatic heterocycles. The molecule has 0 saturated carbocycles. The molecule has 19 heavy (non-hydrogen) atoms. The number of nitrogens with zero attached hydrogens (tertiary/aromatic N) is 2. The Hall–Kier alpha value is -1.42. The van der Waals surface area contributed by atoms with Gasteiger partial charge in [0.15, 0.2) is 5.82 Å². The Balaban J connectivity index is 2.10. The lowest BCUT2D eigenvalue weighted by Crippen LogP contribution is -2.32. The summed E-state index contributed by atoms with van der Waals surface area (Å²) in [6, 6.07) is 5.43. The summed E-state index contributed by atoms with van der Waals surface area (Å²) in [4.78, 5) is 4.57. The summed E-state index contributed by atoms with van der Waals surface area (Å²) >= 11 is 0. The molecule has 102 valence electrons. The maximum absolute atomic E-state index is 13.9. The molecule has 3 rings (SSSR count). The Morgan fingerprint density at radius 1 is 1.47 bits per heavy atom. The van der Waals surface area contributed by atoms with Crippen molar-refractivity contribution in [1.29, 1.82) is 0 Å². The van der Waals surface area contributed by atoms with E-state index >= 15 is 0 Å². The first-order valence-electron chi connectivity index (χ1n) is 7.08. The average molecular weight is 261 g/mol. The molecule has 1 N–H and O–H groups in total. The predicted octanol–water partition coefficient (Wildman–Crippen LogP) is 3.26. The van der Waals surface area contributed by atoms with E-state index in [1.54, 1.807) is 6.07 Å². The molecule has 1 saturated heterocycles. The van der Waals surface area contributed by atoms with Crippen LogP contribution in [0, 0.1) is 11.7 Å². The van der Waals surface area contributed by atoms with Crippen LogP contribution in [-0.2, 0) is 6.54 Å². The van der Waals surface area contributed by atoms with Gasteiger partial charge in [0.25, 0.3) is 0 Å². The minimum atomic E-state index is -0.227. The first-order chi connectivity index (χ1) is 9.20. The molecule has 0 aliphatic carbocycles. The lowest BCUT2D eigenvalue weighted by molar-refractivity contribution is 0.311. The number of aryl methyl sites for hydroxylation is 1. The van der Waals surface area contributed by atoms with Crippen LogP contribution < -0.4 is 5.32 Å². The number of rotatable bonds is 2. The Morgan fingerprint density at radius 2 is 2.32 bits per heavy atom. The second-order valence-corrected chi connectivity index (χ2v) is 5.46. The van der Waals surface area contributed by atoms with Crippen LogP contribution in [0.4, 0.5) is 4.39 Å². The normalized spacial score (nSPS) is 23.9. The fourth-order valence-electron chi connectivity index (χ4n) is 3.03. The van der Waals surface area contributed by atoms with Crippen molar-refractivity contribution in [2.75, 3.05) is 6.54 Å². The molecule has 2 aromatic rings. The molecule has 2 atom stereocenters. The smallest absolute Gasteiger partial charge is 0.151 e. The van der Waals surface area contributed by atoms with Crippen LogP contribution in [-0.4, -0.2) is 16.1 Å². The van der Waals surface area contributed by atoms with E-state index < -0.39 is 0 Å². The highest BCUT2D eigenvalue weighted by Crippen LogP contribution is 2.29. The highest BCUT2D eigenvalue weighted by molar-refractivity contribution is 5.76. The Bertz CT molecular complexity index is 590. The Morgan fingerprint density at radius 3 is 3.05 bits per heavy atom. The van der Waals surface area contributed by atoms with Crippen LogP contribution in [0.25, 0.3) is 11.0 Å². The minimum absolute atomic E-state index is 0.227. The number of aromatic nitrogens is 2. The highest BCUT2D eigenvalue weighted by atomic mass is 19.1. The lowest BCUT2D eigenvalue weighted by atomic mass is 9.94. The third-order valence-corrected chi connectivity index (χ3v) is 4.05. The Labute approximate surface area is 112 Å². The van der Waals surface area contributed by atoms with Crippen molar-refractivity contribution in [1.82, 2.24) is 14.9 Å². The first kappa shape index (κ1) is 12.6. The topological polar surface area (TPSA) is 29.9 Å². The monoisotopic (exact) mass is 261 g/mol. The van der Waals surface area contributed by atoms with Crippen LogP contribution in [0.15, 0.2) is 18.2 Å². The number of halogens is 1. The van der Waals surface area contributed by atoms with Crippen molar-refractivity contribution in [3.8, 4) is 0 Å². The molecule has 0 spiro atoms. The number of piperidine rings is 1. The van der Waals surface area contributed by atoms with Gasteiger partial charge in [0.1, 0.15) is 11.3 Å². The summed E-state index contributed by atoms with van der Waals surface area (Å²) in [5, 5.41) is 3.52. The van der Waals surface area contributed by atoms with E-state index in [0.29, 0.717) is 11.4 Å². The molecular formula is C15H20FN3. The van der Waals surface area contributed by atoms with E-state index in [4.69, 9.17) is 0 Å². The zero-order valence-electron chi connectivity index (χ0n) is 11.5. The van der Waals surface area contributed by atoms with Crippen LogP contribution in [0.1, 0.15) is 38.6 Å². The van der Waals surface area contributed by atoms with Gasteiger partial charge in [0, 0.05) is 6.54 Å². The number of hydrogen-bond acceptors (Lipinski definition) is 2. The van der Waals surface area contributed by atoms with E-state index in [0.717, 1.165) is 30.9 Å². The molecule has 0 amide bonds. The zero-order chi connectivity index (χ0) is 13.4. The quantitative estimate of drug-likeness (QED) is 0.899. The molecule has 3 nitrogen and oxygen atoms in total. The maximum Gasteiger partial charge on any atom is 0.151 e. The maximum atomic E-state index is 13.9. The molecule has 0 bridgehead atoms. The predicted molar refractivity (Wildman–Crippen MR) is 74.5 cm³/mol. The number of fused-ring (bicyclic) bond motifs is 1. The van der Waals surface area contributed by atoms with Crippen molar-refractivity contribution < 1.29 is 4.39 Å². The third kappa shape index (κ3) is 2.14. The summed E-state index contributed by atoms with van der Waals surface area (Å²) in [7, 11) is 0. The highest BCUT2D eigenvalue weighted by Gasteiger charge is 2.25.